The van der Waals surface area contributed by atoms with Crippen molar-refractivity contribution in [3.63, 3.8) is 0 Å². The summed E-state index contributed by atoms with van der Waals surface area (Å²) in [5.41, 5.74) is 1.83. The van der Waals surface area contributed by atoms with Crippen LogP contribution in [0.5, 0.6) is 0 Å². The number of rotatable bonds is 6. The summed E-state index contributed by atoms with van der Waals surface area (Å²) < 4.78 is 0. The van der Waals surface area contributed by atoms with E-state index in [1.165, 1.54) is 48.4 Å². The van der Waals surface area contributed by atoms with Crippen molar-refractivity contribution >= 4 is 10.8 Å². The molecule has 0 heterocycles. The summed E-state index contributed by atoms with van der Waals surface area (Å²) in [6.07, 6.45) is 10.1. The molecule has 1 aliphatic carbocycles. The highest BCUT2D eigenvalue weighted by Gasteiger charge is 2.30. The first-order valence-corrected chi connectivity index (χ1v) is 8.61. The van der Waals surface area contributed by atoms with Gasteiger partial charge in [-0.2, -0.15) is 0 Å². The molecule has 1 nitrogen and oxygen atoms in total. The van der Waals surface area contributed by atoms with Gasteiger partial charge in [0.1, 0.15) is 0 Å². The van der Waals surface area contributed by atoms with E-state index in [2.05, 4.69) is 60.4 Å². The van der Waals surface area contributed by atoms with E-state index in [-0.39, 0.29) is 0 Å². The highest BCUT2D eigenvalue weighted by atomic mass is 14.9. The lowest BCUT2D eigenvalue weighted by atomic mass is 9.72. The van der Waals surface area contributed by atoms with Gasteiger partial charge in [0, 0.05) is 13.1 Å². The Kier molecular flexibility index (Phi) is 4.94. The topological polar surface area (TPSA) is 12.0 Å². The van der Waals surface area contributed by atoms with Crippen LogP contribution < -0.4 is 5.32 Å². The average molecular weight is 293 g/mol. The highest BCUT2D eigenvalue weighted by molar-refractivity contribution is 5.82. The Morgan fingerprint density at radius 2 is 1.77 bits per heavy atom. The first kappa shape index (κ1) is 15.3. The Labute approximate surface area is 134 Å². The smallest absolute Gasteiger partial charge is 0.0205 e. The maximum absolute atomic E-state index is 3.97. The molecule has 0 aromatic heterocycles. The van der Waals surface area contributed by atoms with Crippen molar-refractivity contribution in [1.29, 1.82) is 0 Å². The lowest BCUT2D eigenvalue weighted by Gasteiger charge is -2.37. The summed E-state index contributed by atoms with van der Waals surface area (Å²) in [5.74, 6) is 0. The van der Waals surface area contributed by atoms with Crippen molar-refractivity contribution in [3.05, 3.63) is 60.7 Å². The van der Waals surface area contributed by atoms with Gasteiger partial charge >= 0.3 is 0 Å². The van der Waals surface area contributed by atoms with Crippen LogP contribution in [-0.4, -0.2) is 6.54 Å². The van der Waals surface area contributed by atoms with Gasteiger partial charge in [-0.1, -0.05) is 61.7 Å². The van der Waals surface area contributed by atoms with E-state index in [1.54, 1.807) is 0 Å². The molecule has 0 unspecified atom stereocenters. The van der Waals surface area contributed by atoms with Crippen LogP contribution in [0.3, 0.4) is 0 Å². The third kappa shape index (κ3) is 3.59. The molecule has 1 heteroatoms. The van der Waals surface area contributed by atoms with Crippen LogP contribution in [0.1, 0.15) is 44.1 Å². The summed E-state index contributed by atoms with van der Waals surface area (Å²) in [5, 5.41) is 6.37. The van der Waals surface area contributed by atoms with Gasteiger partial charge in [0.2, 0.25) is 0 Å². The first-order chi connectivity index (χ1) is 10.8. The van der Waals surface area contributed by atoms with Gasteiger partial charge in [-0.25, -0.2) is 0 Å². The fraction of sp³-hybridized carbons (Fsp3) is 0.429. The molecule has 1 fully saturated rings. The SMILES string of the molecule is C=CCC1(CNCc2ccc3ccccc3c2)CCCCC1. The second kappa shape index (κ2) is 7.11. The minimum Gasteiger partial charge on any atom is -0.312 e. The van der Waals surface area contributed by atoms with E-state index in [4.69, 9.17) is 0 Å². The highest BCUT2D eigenvalue weighted by Crippen LogP contribution is 2.39. The van der Waals surface area contributed by atoms with Gasteiger partial charge in [0.05, 0.1) is 0 Å². The molecular weight excluding hydrogens is 266 g/mol. The predicted molar refractivity (Wildman–Crippen MR) is 96.0 cm³/mol. The second-order valence-corrected chi connectivity index (χ2v) is 6.84. The third-order valence-corrected chi connectivity index (χ3v) is 5.13. The molecule has 0 saturated heterocycles. The number of benzene rings is 2. The van der Waals surface area contributed by atoms with Crippen LogP contribution in [0.25, 0.3) is 10.8 Å². The van der Waals surface area contributed by atoms with Crippen LogP contribution in [0.2, 0.25) is 0 Å². The molecule has 0 atom stereocenters. The zero-order valence-electron chi connectivity index (χ0n) is 13.5. The summed E-state index contributed by atoms with van der Waals surface area (Å²) >= 11 is 0. The monoisotopic (exact) mass is 293 g/mol. The minimum atomic E-state index is 0.455. The number of nitrogens with one attached hydrogen (secondary N) is 1. The second-order valence-electron chi connectivity index (χ2n) is 6.84. The molecule has 2 aromatic carbocycles. The average Bonchev–Trinajstić information content (AvgIpc) is 2.56. The van der Waals surface area contributed by atoms with E-state index in [0.717, 1.165) is 19.5 Å². The first-order valence-electron chi connectivity index (χ1n) is 8.61. The molecule has 1 aliphatic rings. The molecule has 0 bridgehead atoms. The molecule has 116 valence electrons. The molecule has 0 radical (unpaired) electrons. The zero-order chi connectivity index (χ0) is 15.3. The molecule has 0 aliphatic heterocycles. The Balaban J connectivity index is 1.61. The third-order valence-electron chi connectivity index (χ3n) is 5.13. The van der Waals surface area contributed by atoms with Crippen molar-refractivity contribution in [2.45, 2.75) is 45.1 Å². The Morgan fingerprint density at radius 3 is 2.55 bits per heavy atom. The van der Waals surface area contributed by atoms with E-state index >= 15 is 0 Å². The quantitative estimate of drug-likeness (QED) is 0.698. The molecule has 3 rings (SSSR count). The van der Waals surface area contributed by atoms with E-state index in [0.29, 0.717) is 5.41 Å². The van der Waals surface area contributed by atoms with Crippen molar-refractivity contribution in [2.24, 2.45) is 5.41 Å². The van der Waals surface area contributed by atoms with Gasteiger partial charge in [-0.3, -0.25) is 0 Å². The maximum Gasteiger partial charge on any atom is 0.0205 e. The minimum absolute atomic E-state index is 0.455. The predicted octanol–water partition coefficient (Wildman–Crippen LogP) is 5.46. The fourth-order valence-electron chi connectivity index (χ4n) is 3.88. The van der Waals surface area contributed by atoms with Crippen LogP contribution >= 0.6 is 0 Å². The summed E-state index contributed by atoms with van der Waals surface area (Å²) in [6, 6.07) is 15.4. The van der Waals surface area contributed by atoms with Crippen molar-refractivity contribution in [1.82, 2.24) is 5.32 Å². The lowest BCUT2D eigenvalue weighted by Crippen LogP contribution is -2.35. The van der Waals surface area contributed by atoms with Crippen LogP contribution in [-0.2, 0) is 6.54 Å². The number of allylic oxidation sites excluding steroid dienone is 1. The normalized spacial score (nSPS) is 17.5. The Hall–Kier alpha value is -1.60. The zero-order valence-corrected chi connectivity index (χ0v) is 13.5. The molecule has 0 amide bonds. The molecular formula is C21H27N. The molecule has 2 aromatic rings. The van der Waals surface area contributed by atoms with E-state index in [9.17, 15) is 0 Å². The van der Waals surface area contributed by atoms with Gasteiger partial charge in [-0.05, 0) is 47.1 Å². The number of hydrogen-bond donors (Lipinski definition) is 1. The molecule has 0 spiro atoms. The largest absolute Gasteiger partial charge is 0.312 e. The van der Waals surface area contributed by atoms with Crippen molar-refractivity contribution in [2.75, 3.05) is 6.54 Å². The van der Waals surface area contributed by atoms with Crippen molar-refractivity contribution < 1.29 is 0 Å². The summed E-state index contributed by atoms with van der Waals surface area (Å²) in [7, 11) is 0. The number of hydrogen-bond acceptors (Lipinski definition) is 1. The summed E-state index contributed by atoms with van der Waals surface area (Å²) in [6.45, 7) is 6.05. The number of fused-ring (bicyclic) bond motifs is 1. The Morgan fingerprint density at radius 1 is 1.00 bits per heavy atom. The lowest BCUT2D eigenvalue weighted by molar-refractivity contribution is 0.184. The van der Waals surface area contributed by atoms with Gasteiger partial charge < -0.3 is 5.32 Å². The standard InChI is InChI=1S/C21H27N/c1-2-12-21(13-6-3-7-14-21)17-22-16-18-10-11-19-8-4-5-9-20(19)15-18/h2,4-5,8-11,15,22H,1,3,6-7,12-14,16-17H2. The molecule has 22 heavy (non-hydrogen) atoms. The van der Waals surface area contributed by atoms with Crippen LogP contribution in [0.4, 0.5) is 0 Å². The van der Waals surface area contributed by atoms with Crippen LogP contribution in [0.15, 0.2) is 55.1 Å². The van der Waals surface area contributed by atoms with Gasteiger partial charge in [0.25, 0.3) is 0 Å². The van der Waals surface area contributed by atoms with Crippen LogP contribution in [0, 0.1) is 5.41 Å². The van der Waals surface area contributed by atoms with Gasteiger partial charge in [0.15, 0.2) is 0 Å². The Bertz CT molecular complexity index is 623. The van der Waals surface area contributed by atoms with Gasteiger partial charge in [-0.15, -0.1) is 6.58 Å². The molecule has 1 N–H and O–H groups in total. The van der Waals surface area contributed by atoms with Crippen molar-refractivity contribution in [3.8, 4) is 0 Å². The maximum atomic E-state index is 3.97. The summed E-state index contributed by atoms with van der Waals surface area (Å²) in [4.78, 5) is 0. The van der Waals surface area contributed by atoms with E-state index < -0.39 is 0 Å². The molecule has 1 saturated carbocycles. The van der Waals surface area contributed by atoms with E-state index in [1.807, 2.05) is 0 Å². The fourth-order valence-corrected chi connectivity index (χ4v) is 3.88.